The summed E-state index contributed by atoms with van der Waals surface area (Å²) in [6, 6.07) is 3.78. The molecule has 2 aromatic rings. The number of carbonyl (C=O) groups is 1. The number of carboxylic acid groups (broad SMARTS) is 1. The first kappa shape index (κ1) is 13.6. The van der Waals surface area contributed by atoms with E-state index in [2.05, 4.69) is 6.07 Å². The molecule has 1 aromatic carbocycles. The van der Waals surface area contributed by atoms with E-state index in [1.165, 1.54) is 11.3 Å². The highest BCUT2D eigenvalue weighted by molar-refractivity contribution is 7.13. The number of aryl methyl sites for hydroxylation is 1. The monoisotopic (exact) mass is 276 g/mol. The third-order valence-electron chi connectivity index (χ3n) is 3.34. The maximum atomic E-state index is 11.0. The van der Waals surface area contributed by atoms with Crippen LogP contribution in [0.1, 0.15) is 27.0 Å². The summed E-state index contributed by atoms with van der Waals surface area (Å²) in [7, 11) is 1.67. The molecule has 0 aliphatic rings. The smallest absolute Gasteiger partial charge is 0.336 e. The Labute approximate surface area is 116 Å². The Bertz CT molecular complexity index is 641. The molecule has 0 unspecified atom stereocenters. The van der Waals surface area contributed by atoms with Crippen molar-refractivity contribution in [2.45, 2.75) is 20.8 Å². The van der Waals surface area contributed by atoms with E-state index in [9.17, 15) is 4.79 Å². The van der Waals surface area contributed by atoms with Gasteiger partial charge in [0.25, 0.3) is 0 Å². The molecule has 100 valence electrons. The summed E-state index contributed by atoms with van der Waals surface area (Å²) in [5.41, 5.74) is 4.70. The van der Waals surface area contributed by atoms with E-state index < -0.39 is 5.97 Å². The average molecular weight is 276 g/mol. The number of methoxy groups -OCH3 is 1. The summed E-state index contributed by atoms with van der Waals surface area (Å²) in [6.07, 6.45) is 0. The molecule has 3 nitrogen and oxygen atoms in total. The van der Waals surface area contributed by atoms with Crippen LogP contribution < -0.4 is 4.74 Å². The van der Waals surface area contributed by atoms with E-state index in [1.54, 1.807) is 18.6 Å². The third-order valence-corrected chi connectivity index (χ3v) is 4.31. The van der Waals surface area contributed by atoms with Crippen molar-refractivity contribution in [3.63, 3.8) is 0 Å². The van der Waals surface area contributed by atoms with E-state index in [0.29, 0.717) is 5.56 Å². The molecule has 0 saturated heterocycles. The summed E-state index contributed by atoms with van der Waals surface area (Å²) in [5.74, 6) is 0.0124. The van der Waals surface area contributed by atoms with Gasteiger partial charge in [-0.05, 0) is 55.2 Å². The lowest BCUT2D eigenvalue weighted by atomic mass is 9.97. The van der Waals surface area contributed by atoms with Crippen LogP contribution in [0.15, 0.2) is 17.5 Å². The highest BCUT2D eigenvalue weighted by Crippen LogP contribution is 2.36. The molecule has 0 aliphatic heterocycles. The first-order valence-corrected chi connectivity index (χ1v) is 6.80. The highest BCUT2D eigenvalue weighted by Gasteiger charge is 2.14. The molecule has 1 aromatic heterocycles. The van der Waals surface area contributed by atoms with Gasteiger partial charge in [-0.1, -0.05) is 0 Å². The van der Waals surface area contributed by atoms with Crippen LogP contribution in [0.2, 0.25) is 0 Å². The molecule has 0 spiro atoms. The zero-order chi connectivity index (χ0) is 14.2. The second-order valence-electron chi connectivity index (χ2n) is 4.53. The van der Waals surface area contributed by atoms with Crippen molar-refractivity contribution in [3.05, 3.63) is 39.8 Å². The van der Waals surface area contributed by atoms with Gasteiger partial charge in [0.2, 0.25) is 0 Å². The Hall–Kier alpha value is -1.81. The average Bonchev–Trinajstić information content (AvgIpc) is 2.84. The maximum absolute atomic E-state index is 11.0. The van der Waals surface area contributed by atoms with Gasteiger partial charge in [-0.2, -0.15) is 0 Å². The standard InChI is InChI=1S/C15H16O3S/c1-8-5-12(9(2)10(3)14(8)18-4)13-6-11(7-19-13)15(16)17/h5-7H,1-4H3,(H,16,17). The minimum Gasteiger partial charge on any atom is -0.496 e. The van der Waals surface area contributed by atoms with Crippen molar-refractivity contribution in [2.75, 3.05) is 7.11 Å². The van der Waals surface area contributed by atoms with E-state index in [-0.39, 0.29) is 0 Å². The lowest BCUT2D eigenvalue weighted by Crippen LogP contribution is -1.96. The summed E-state index contributed by atoms with van der Waals surface area (Å²) in [4.78, 5) is 11.9. The van der Waals surface area contributed by atoms with Crippen LogP contribution in [0.25, 0.3) is 10.4 Å². The zero-order valence-electron chi connectivity index (χ0n) is 11.4. The molecule has 1 N–H and O–H groups in total. The second-order valence-corrected chi connectivity index (χ2v) is 5.44. The molecule has 0 atom stereocenters. The molecule has 0 aliphatic carbocycles. The molecule has 19 heavy (non-hydrogen) atoms. The predicted molar refractivity (Wildman–Crippen MR) is 77.5 cm³/mol. The van der Waals surface area contributed by atoms with Gasteiger partial charge in [0.15, 0.2) is 0 Å². The number of hydrogen-bond donors (Lipinski definition) is 1. The van der Waals surface area contributed by atoms with Gasteiger partial charge in [-0.3, -0.25) is 0 Å². The molecule has 1 heterocycles. The van der Waals surface area contributed by atoms with Crippen LogP contribution in [0.4, 0.5) is 0 Å². The van der Waals surface area contributed by atoms with E-state index in [1.807, 2.05) is 20.8 Å². The highest BCUT2D eigenvalue weighted by atomic mass is 32.1. The maximum Gasteiger partial charge on any atom is 0.336 e. The number of rotatable bonds is 3. The number of aromatic carboxylic acids is 1. The van der Waals surface area contributed by atoms with Gasteiger partial charge in [0.05, 0.1) is 12.7 Å². The van der Waals surface area contributed by atoms with Crippen LogP contribution in [0, 0.1) is 20.8 Å². The number of benzene rings is 1. The van der Waals surface area contributed by atoms with Gasteiger partial charge < -0.3 is 9.84 Å². The molecule has 0 bridgehead atoms. The third kappa shape index (κ3) is 2.36. The zero-order valence-corrected chi connectivity index (χ0v) is 12.2. The van der Waals surface area contributed by atoms with Gasteiger partial charge in [-0.25, -0.2) is 4.79 Å². The van der Waals surface area contributed by atoms with E-state index >= 15 is 0 Å². The van der Waals surface area contributed by atoms with Crippen molar-refractivity contribution < 1.29 is 14.6 Å². The SMILES string of the molecule is COc1c(C)cc(-c2cc(C(=O)O)cs2)c(C)c1C. The lowest BCUT2D eigenvalue weighted by Gasteiger charge is -2.14. The first-order chi connectivity index (χ1) is 8.95. The molecular formula is C15H16O3S. The second kappa shape index (κ2) is 5.05. The van der Waals surface area contributed by atoms with E-state index in [4.69, 9.17) is 9.84 Å². The van der Waals surface area contributed by atoms with Gasteiger partial charge in [-0.15, -0.1) is 11.3 Å². The quantitative estimate of drug-likeness (QED) is 0.920. The fourth-order valence-electron chi connectivity index (χ4n) is 2.22. The Balaban J connectivity index is 2.59. The molecule has 0 amide bonds. The normalized spacial score (nSPS) is 10.5. The summed E-state index contributed by atoms with van der Waals surface area (Å²) in [5, 5.41) is 10.7. The van der Waals surface area contributed by atoms with Crippen molar-refractivity contribution in [3.8, 4) is 16.2 Å². The number of thiophene rings is 1. The van der Waals surface area contributed by atoms with Crippen LogP contribution in [-0.4, -0.2) is 18.2 Å². The van der Waals surface area contributed by atoms with Crippen molar-refractivity contribution in [2.24, 2.45) is 0 Å². The van der Waals surface area contributed by atoms with Crippen LogP contribution in [0.5, 0.6) is 5.75 Å². The predicted octanol–water partition coefficient (Wildman–Crippen LogP) is 4.05. The Morgan fingerprint density at radius 1 is 1.21 bits per heavy atom. The molecule has 0 saturated carbocycles. The number of hydrogen-bond acceptors (Lipinski definition) is 3. The van der Waals surface area contributed by atoms with Crippen LogP contribution in [-0.2, 0) is 0 Å². The van der Waals surface area contributed by atoms with Crippen molar-refractivity contribution >= 4 is 17.3 Å². The lowest BCUT2D eigenvalue weighted by molar-refractivity contribution is 0.0697. The van der Waals surface area contributed by atoms with Gasteiger partial charge in [0, 0.05) is 10.3 Å². The molecule has 0 radical (unpaired) electrons. The number of carboxylic acids is 1. The summed E-state index contributed by atoms with van der Waals surface area (Å²) in [6.45, 7) is 6.06. The van der Waals surface area contributed by atoms with Crippen molar-refractivity contribution in [1.29, 1.82) is 0 Å². The minimum absolute atomic E-state index is 0.338. The Morgan fingerprint density at radius 3 is 2.42 bits per heavy atom. The van der Waals surface area contributed by atoms with Gasteiger partial charge >= 0.3 is 5.97 Å². The van der Waals surface area contributed by atoms with Crippen molar-refractivity contribution in [1.82, 2.24) is 0 Å². The fourth-order valence-corrected chi connectivity index (χ4v) is 3.17. The van der Waals surface area contributed by atoms with Crippen LogP contribution in [0.3, 0.4) is 0 Å². The van der Waals surface area contributed by atoms with E-state index in [0.717, 1.165) is 32.9 Å². The summed E-state index contributed by atoms with van der Waals surface area (Å²) >= 11 is 1.45. The molecule has 4 heteroatoms. The fraction of sp³-hybridized carbons (Fsp3) is 0.267. The molecule has 2 rings (SSSR count). The Kier molecular flexibility index (Phi) is 3.62. The molecular weight excluding hydrogens is 260 g/mol. The number of ether oxygens (including phenoxy) is 1. The molecule has 0 fully saturated rings. The largest absolute Gasteiger partial charge is 0.496 e. The minimum atomic E-state index is -0.887. The topological polar surface area (TPSA) is 46.5 Å². The Morgan fingerprint density at radius 2 is 1.89 bits per heavy atom. The summed E-state index contributed by atoms with van der Waals surface area (Å²) < 4.78 is 5.40. The first-order valence-electron chi connectivity index (χ1n) is 5.92. The van der Waals surface area contributed by atoms with Gasteiger partial charge in [0.1, 0.15) is 5.75 Å². The van der Waals surface area contributed by atoms with Crippen LogP contribution >= 0.6 is 11.3 Å².